The third-order valence-corrected chi connectivity index (χ3v) is 7.20. The molecule has 0 bridgehead atoms. The summed E-state index contributed by atoms with van der Waals surface area (Å²) in [5.41, 5.74) is 0.540. The molecule has 114 valence electrons. The number of hydrogen-bond acceptors (Lipinski definition) is 5. The molecule has 1 spiro atoms. The van der Waals surface area contributed by atoms with E-state index in [4.69, 9.17) is 4.74 Å². The zero-order valence-corrected chi connectivity index (χ0v) is 12.7. The first-order valence-electron chi connectivity index (χ1n) is 6.91. The van der Waals surface area contributed by atoms with Gasteiger partial charge in [0, 0.05) is 44.1 Å². The largest absolute Gasteiger partial charge is 0.384 e. The van der Waals surface area contributed by atoms with Gasteiger partial charge in [0.1, 0.15) is 4.75 Å². The summed E-state index contributed by atoms with van der Waals surface area (Å²) >= 11 is 0. The number of carbonyl (C=O) groups excluding carboxylic acids is 1. The lowest BCUT2D eigenvalue weighted by Gasteiger charge is -2.49. The summed E-state index contributed by atoms with van der Waals surface area (Å²) in [5.74, 6) is 0.0356. The highest BCUT2D eigenvalue weighted by Crippen LogP contribution is 2.45. The molecule has 0 aromatic carbocycles. The maximum absolute atomic E-state index is 12.4. The number of rotatable bonds is 3. The Morgan fingerprint density at radius 1 is 1.43 bits per heavy atom. The Morgan fingerprint density at radius 2 is 2.10 bits per heavy atom. The highest BCUT2D eigenvalue weighted by molar-refractivity contribution is 7.93. The Bertz CT molecular complexity index is 638. The normalized spacial score (nSPS) is 25.8. The van der Waals surface area contributed by atoms with Crippen LogP contribution in [0.25, 0.3) is 0 Å². The average Bonchev–Trinajstić information content (AvgIpc) is 2.69. The maximum atomic E-state index is 12.4. The number of nitrogens with zero attached hydrogens (tertiary/aromatic N) is 2. The number of hydrogen-bond donors (Lipinski definition) is 0. The van der Waals surface area contributed by atoms with E-state index in [1.165, 1.54) is 0 Å². The molecule has 1 aromatic rings. The van der Waals surface area contributed by atoms with Gasteiger partial charge < -0.3 is 9.64 Å². The van der Waals surface area contributed by atoms with E-state index in [2.05, 4.69) is 4.98 Å². The molecule has 0 radical (unpaired) electrons. The van der Waals surface area contributed by atoms with Gasteiger partial charge in [0.05, 0.1) is 12.4 Å². The molecule has 2 fully saturated rings. The average molecular weight is 310 g/mol. The third kappa shape index (κ3) is 2.15. The maximum Gasteiger partial charge on any atom is 0.254 e. The summed E-state index contributed by atoms with van der Waals surface area (Å²) in [6.45, 7) is 0.964. The molecule has 21 heavy (non-hydrogen) atoms. The molecule has 7 heteroatoms. The summed E-state index contributed by atoms with van der Waals surface area (Å²) in [6.07, 6.45) is 3.74. The van der Waals surface area contributed by atoms with Crippen LogP contribution in [0.2, 0.25) is 0 Å². The van der Waals surface area contributed by atoms with Crippen LogP contribution < -0.4 is 0 Å². The van der Waals surface area contributed by atoms with Gasteiger partial charge in [0.25, 0.3) is 5.91 Å². The number of ether oxygens (including phenoxy) is 1. The van der Waals surface area contributed by atoms with Crippen LogP contribution in [-0.2, 0) is 14.6 Å². The Morgan fingerprint density at radius 3 is 2.71 bits per heavy atom. The van der Waals surface area contributed by atoms with Crippen LogP contribution in [0.1, 0.15) is 16.8 Å². The van der Waals surface area contributed by atoms with Crippen LogP contribution in [0.15, 0.2) is 24.5 Å². The summed E-state index contributed by atoms with van der Waals surface area (Å²) in [6, 6.07) is 3.28. The molecule has 2 aliphatic heterocycles. The standard InChI is InChI=1S/C14H18N2O4S/c1-20-8-12-4-7-21(18,19)14(12)9-16(10-14)13(17)11-2-5-15-6-3-11/h2-3,5-6,12H,4,7-10H2,1H3/t12-/m1/s1. The number of amides is 1. The second-order valence-electron chi connectivity index (χ2n) is 5.72. The SMILES string of the molecule is COC[C@H]1CCS(=O)(=O)C12CN(C(=O)c1ccncc1)C2. The first-order chi connectivity index (χ1) is 10.00. The van der Waals surface area contributed by atoms with E-state index in [1.807, 2.05) is 0 Å². The lowest BCUT2D eigenvalue weighted by atomic mass is 9.83. The summed E-state index contributed by atoms with van der Waals surface area (Å²) in [5, 5.41) is 0. The van der Waals surface area contributed by atoms with Crippen molar-refractivity contribution in [1.29, 1.82) is 0 Å². The molecule has 0 aliphatic carbocycles. The molecule has 0 saturated carbocycles. The predicted octanol–water partition coefficient (Wildman–Crippen LogP) is 0.357. The van der Waals surface area contributed by atoms with Gasteiger partial charge in [-0.1, -0.05) is 0 Å². The van der Waals surface area contributed by atoms with Crippen LogP contribution in [0.4, 0.5) is 0 Å². The van der Waals surface area contributed by atoms with E-state index >= 15 is 0 Å². The van der Waals surface area contributed by atoms with E-state index in [1.54, 1.807) is 36.5 Å². The van der Waals surface area contributed by atoms with E-state index in [-0.39, 0.29) is 30.7 Å². The highest BCUT2D eigenvalue weighted by Gasteiger charge is 2.62. The minimum atomic E-state index is -3.16. The molecule has 2 aliphatic rings. The first kappa shape index (κ1) is 14.5. The number of likely N-dealkylation sites (tertiary alicyclic amines) is 1. The Hall–Kier alpha value is -1.47. The van der Waals surface area contributed by atoms with Gasteiger partial charge in [0.15, 0.2) is 9.84 Å². The van der Waals surface area contributed by atoms with Gasteiger partial charge in [-0.15, -0.1) is 0 Å². The second kappa shape index (κ2) is 5.06. The summed E-state index contributed by atoms with van der Waals surface area (Å²) in [4.78, 5) is 17.8. The van der Waals surface area contributed by atoms with E-state index < -0.39 is 14.6 Å². The van der Waals surface area contributed by atoms with Crippen LogP contribution in [0.5, 0.6) is 0 Å². The molecule has 6 nitrogen and oxygen atoms in total. The van der Waals surface area contributed by atoms with Crippen LogP contribution >= 0.6 is 0 Å². The monoisotopic (exact) mass is 310 g/mol. The Balaban J connectivity index is 1.78. The smallest absolute Gasteiger partial charge is 0.254 e. The number of pyridine rings is 1. The minimum Gasteiger partial charge on any atom is -0.384 e. The van der Waals surface area contributed by atoms with Gasteiger partial charge in [-0.2, -0.15) is 0 Å². The van der Waals surface area contributed by atoms with E-state index in [9.17, 15) is 13.2 Å². The minimum absolute atomic E-state index is 0.0195. The van der Waals surface area contributed by atoms with Crippen molar-refractivity contribution >= 4 is 15.7 Å². The third-order valence-electron chi connectivity index (χ3n) is 4.60. The number of aromatic nitrogens is 1. The molecular weight excluding hydrogens is 292 g/mol. The van der Waals surface area contributed by atoms with Crippen LogP contribution in [-0.4, -0.2) is 61.5 Å². The number of methoxy groups -OCH3 is 1. The quantitative estimate of drug-likeness (QED) is 0.805. The zero-order valence-electron chi connectivity index (χ0n) is 11.9. The number of sulfone groups is 1. The molecule has 3 heterocycles. The van der Waals surface area contributed by atoms with E-state index in [0.29, 0.717) is 18.6 Å². The fourth-order valence-corrected chi connectivity index (χ4v) is 5.73. The molecule has 0 N–H and O–H groups in total. The van der Waals surface area contributed by atoms with Gasteiger partial charge in [-0.25, -0.2) is 8.42 Å². The van der Waals surface area contributed by atoms with Crippen LogP contribution in [0.3, 0.4) is 0 Å². The van der Waals surface area contributed by atoms with Gasteiger partial charge in [-0.05, 0) is 18.6 Å². The Labute approximate surface area is 124 Å². The zero-order chi connectivity index (χ0) is 15.1. The van der Waals surface area contributed by atoms with Crippen molar-refractivity contribution in [2.24, 2.45) is 5.92 Å². The van der Waals surface area contributed by atoms with E-state index in [0.717, 1.165) is 0 Å². The molecule has 1 amide bonds. The van der Waals surface area contributed by atoms with Gasteiger partial charge >= 0.3 is 0 Å². The Kier molecular flexibility index (Phi) is 3.49. The topological polar surface area (TPSA) is 76.6 Å². The molecule has 1 atom stereocenters. The predicted molar refractivity (Wildman–Crippen MR) is 76.6 cm³/mol. The second-order valence-corrected chi connectivity index (χ2v) is 8.17. The van der Waals surface area contributed by atoms with Crippen molar-refractivity contribution in [3.63, 3.8) is 0 Å². The molecule has 0 unspecified atom stereocenters. The molecule has 1 aromatic heterocycles. The van der Waals surface area contributed by atoms with Crippen LogP contribution in [0, 0.1) is 5.92 Å². The van der Waals surface area contributed by atoms with Crippen molar-refractivity contribution < 1.29 is 17.9 Å². The highest BCUT2D eigenvalue weighted by atomic mass is 32.2. The lowest BCUT2D eigenvalue weighted by Crippen LogP contribution is -2.68. The number of carbonyl (C=O) groups is 1. The van der Waals surface area contributed by atoms with Crippen molar-refractivity contribution in [2.75, 3.05) is 32.6 Å². The van der Waals surface area contributed by atoms with Crippen molar-refractivity contribution in [3.8, 4) is 0 Å². The first-order valence-corrected chi connectivity index (χ1v) is 8.56. The van der Waals surface area contributed by atoms with Crippen molar-refractivity contribution in [3.05, 3.63) is 30.1 Å². The summed E-state index contributed by atoms with van der Waals surface area (Å²) < 4.78 is 29.1. The molecule has 2 saturated heterocycles. The fourth-order valence-electron chi connectivity index (χ4n) is 3.33. The van der Waals surface area contributed by atoms with Crippen molar-refractivity contribution in [2.45, 2.75) is 11.2 Å². The molecular formula is C14H18N2O4S. The van der Waals surface area contributed by atoms with Crippen molar-refractivity contribution in [1.82, 2.24) is 9.88 Å². The van der Waals surface area contributed by atoms with Gasteiger partial charge in [0.2, 0.25) is 0 Å². The fraction of sp³-hybridized carbons (Fsp3) is 0.571. The lowest BCUT2D eigenvalue weighted by molar-refractivity contribution is 0.0337. The summed E-state index contributed by atoms with van der Waals surface area (Å²) in [7, 11) is -1.58. The van der Waals surface area contributed by atoms with Gasteiger partial charge in [-0.3, -0.25) is 9.78 Å². The molecule has 3 rings (SSSR count).